The Morgan fingerprint density at radius 3 is 2.47 bits per heavy atom. The first-order valence-electron chi connectivity index (χ1n) is 5.80. The molecule has 1 atom stereocenters. The van der Waals surface area contributed by atoms with Crippen LogP contribution in [0, 0.1) is 0 Å². The minimum Gasteiger partial charge on any atom is -0.315 e. The average molecular weight is 230 g/mol. The molecule has 0 fully saturated rings. The molecule has 0 saturated heterocycles. The Morgan fingerprint density at radius 2 is 1.94 bits per heavy atom. The van der Waals surface area contributed by atoms with Gasteiger partial charge in [0.05, 0.1) is 5.54 Å². The van der Waals surface area contributed by atoms with Gasteiger partial charge in [-0.2, -0.15) is 5.10 Å². The van der Waals surface area contributed by atoms with Crippen LogP contribution in [0.2, 0.25) is 0 Å². The van der Waals surface area contributed by atoms with Gasteiger partial charge in [0.25, 0.3) is 0 Å². The van der Waals surface area contributed by atoms with E-state index < -0.39 is 5.54 Å². The Kier molecular flexibility index (Phi) is 2.98. The smallest absolute Gasteiger partial charge is 0.151 e. The fourth-order valence-electron chi connectivity index (χ4n) is 1.95. The van der Waals surface area contributed by atoms with Gasteiger partial charge in [-0.3, -0.25) is 4.68 Å². The summed E-state index contributed by atoms with van der Waals surface area (Å²) in [5, 5.41) is 4.35. The van der Waals surface area contributed by atoms with Gasteiger partial charge in [-0.25, -0.2) is 4.98 Å². The van der Waals surface area contributed by atoms with E-state index in [1.807, 2.05) is 51.2 Å². The Hall–Kier alpha value is -1.68. The number of hydrogen-bond acceptors (Lipinski definition) is 3. The van der Waals surface area contributed by atoms with Gasteiger partial charge in [0.15, 0.2) is 11.6 Å². The van der Waals surface area contributed by atoms with Crippen molar-refractivity contribution >= 4 is 0 Å². The molecule has 0 saturated carbocycles. The minimum atomic E-state index is -0.615. The van der Waals surface area contributed by atoms with E-state index in [2.05, 4.69) is 10.1 Å². The summed E-state index contributed by atoms with van der Waals surface area (Å²) < 4.78 is 1.77. The summed E-state index contributed by atoms with van der Waals surface area (Å²) in [6, 6.07) is 9.98. The highest BCUT2D eigenvalue weighted by atomic mass is 15.3. The lowest BCUT2D eigenvalue weighted by molar-refractivity contribution is 0.517. The van der Waals surface area contributed by atoms with Gasteiger partial charge in [-0.05, 0) is 12.5 Å². The van der Waals surface area contributed by atoms with Crippen molar-refractivity contribution in [3.63, 3.8) is 0 Å². The molecule has 1 heterocycles. The number of nitrogens with two attached hydrogens (primary N) is 1. The van der Waals surface area contributed by atoms with Crippen molar-refractivity contribution in [2.75, 3.05) is 0 Å². The van der Waals surface area contributed by atoms with Crippen molar-refractivity contribution in [3.05, 3.63) is 47.5 Å². The average Bonchev–Trinajstić information content (AvgIpc) is 2.72. The van der Waals surface area contributed by atoms with Crippen molar-refractivity contribution in [2.24, 2.45) is 12.8 Å². The second-order valence-electron chi connectivity index (χ2n) is 4.40. The highest BCUT2D eigenvalue weighted by molar-refractivity contribution is 5.30. The minimum absolute atomic E-state index is 0.615. The lowest BCUT2D eigenvalue weighted by Crippen LogP contribution is -2.37. The first kappa shape index (κ1) is 11.8. The first-order chi connectivity index (χ1) is 8.05. The third kappa shape index (κ3) is 2.08. The Labute approximate surface area is 101 Å². The predicted octanol–water partition coefficient (Wildman–Crippen LogP) is 1.60. The molecular formula is C13H18N4. The number of nitrogens with zero attached hydrogens (tertiary/aromatic N) is 3. The quantitative estimate of drug-likeness (QED) is 0.871. The SMILES string of the molecule is CCc1nc(C(C)(N)c2ccccc2)n(C)n1. The lowest BCUT2D eigenvalue weighted by Gasteiger charge is -2.23. The van der Waals surface area contributed by atoms with Crippen LogP contribution in [-0.4, -0.2) is 14.8 Å². The molecule has 0 aliphatic heterocycles. The van der Waals surface area contributed by atoms with Crippen LogP contribution in [0.4, 0.5) is 0 Å². The van der Waals surface area contributed by atoms with Crippen LogP contribution >= 0.6 is 0 Å². The van der Waals surface area contributed by atoms with Gasteiger partial charge in [-0.1, -0.05) is 37.3 Å². The largest absolute Gasteiger partial charge is 0.315 e. The van der Waals surface area contributed by atoms with Crippen molar-refractivity contribution in [1.82, 2.24) is 14.8 Å². The molecule has 0 amide bonds. The van der Waals surface area contributed by atoms with Crippen molar-refractivity contribution < 1.29 is 0 Å². The molecule has 4 heteroatoms. The molecule has 0 spiro atoms. The first-order valence-corrected chi connectivity index (χ1v) is 5.80. The van der Waals surface area contributed by atoms with Crippen molar-refractivity contribution in [1.29, 1.82) is 0 Å². The van der Waals surface area contributed by atoms with E-state index in [0.717, 1.165) is 23.6 Å². The molecule has 1 aromatic heterocycles. The maximum atomic E-state index is 6.40. The van der Waals surface area contributed by atoms with E-state index in [0.29, 0.717) is 0 Å². The molecule has 0 bridgehead atoms. The number of aryl methyl sites for hydroxylation is 2. The molecule has 2 rings (SSSR count). The molecule has 2 N–H and O–H groups in total. The van der Waals surface area contributed by atoms with Gasteiger partial charge in [0, 0.05) is 13.5 Å². The van der Waals surface area contributed by atoms with Gasteiger partial charge in [0.2, 0.25) is 0 Å². The lowest BCUT2D eigenvalue weighted by atomic mass is 9.92. The van der Waals surface area contributed by atoms with E-state index >= 15 is 0 Å². The van der Waals surface area contributed by atoms with Gasteiger partial charge in [-0.15, -0.1) is 0 Å². The Bertz CT molecular complexity index is 499. The second kappa shape index (κ2) is 4.30. The van der Waals surface area contributed by atoms with Crippen LogP contribution in [0.3, 0.4) is 0 Å². The van der Waals surface area contributed by atoms with Crippen LogP contribution in [0.5, 0.6) is 0 Å². The maximum absolute atomic E-state index is 6.40. The highest BCUT2D eigenvalue weighted by Crippen LogP contribution is 2.24. The second-order valence-corrected chi connectivity index (χ2v) is 4.40. The highest BCUT2D eigenvalue weighted by Gasteiger charge is 2.29. The van der Waals surface area contributed by atoms with Crippen LogP contribution < -0.4 is 5.73 Å². The van der Waals surface area contributed by atoms with Crippen LogP contribution in [0.25, 0.3) is 0 Å². The third-order valence-electron chi connectivity index (χ3n) is 2.96. The van der Waals surface area contributed by atoms with E-state index in [1.54, 1.807) is 4.68 Å². The number of benzene rings is 1. The molecule has 0 aliphatic rings. The van der Waals surface area contributed by atoms with Gasteiger partial charge < -0.3 is 5.73 Å². The zero-order valence-corrected chi connectivity index (χ0v) is 10.5. The number of hydrogen-bond donors (Lipinski definition) is 1. The third-order valence-corrected chi connectivity index (χ3v) is 2.96. The molecular weight excluding hydrogens is 212 g/mol. The fraction of sp³-hybridized carbons (Fsp3) is 0.385. The summed E-state index contributed by atoms with van der Waals surface area (Å²) in [6.45, 7) is 4.00. The summed E-state index contributed by atoms with van der Waals surface area (Å²) in [4.78, 5) is 4.50. The molecule has 0 radical (unpaired) electrons. The number of rotatable bonds is 3. The molecule has 2 aromatic rings. The normalized spacial score (nSPS) is 14.6. The van der Waals surface area contributed by atoms with Gasteiger partial charge >= 0.3 is 0 Å². The summed E-state index contributed by atoms with van der Waals surface area (Å²) in [6.07, 6.45) is 0.818. The van der Waals surface area contributed by atoms with Crippen molar-refractivity contribution in [2.45, 2.75) is 25.8 Å². The molecule has 4 nitrogen and oxygen atoms in total. The topological polar surface area (TPSA) is 56.7 Å². The molecule has 1 aromatic carbocycles. The fourth-order valence-corrected chi connectivity index (χ4v) is 1.95. The molecule has 1 unspecified atom stereocenters. The Morgan fingerprint density at radius 1 is 1.29 bits per heavy atom. The Balaban J connectivity index is 2.47. The van der Waals surface area contributed by atoms with Crippen molar-refractivity contribution in [3.8, 4) is 0 Å². The van der Waals surface area contributed by atoms with E-state index in [1.165, 1.54) is 0 Å². The number of aromatic nitrogens is 3. The van der Waals surface area contributed by atoms with Gasteiger partial charge in [0.1, 0.15) is 0 Å². The monoisotopic (exact) mass is 230 g/mol. The van der Waals surface area contributed by atoms with Crippen LogP contribution in [0.15, 0.2) is 30.3 Å². The predicted molar refractivity (Wildman–Crippen MR) is 67.5 cm³/mol. The molecule has 17 heavy (non-hydrogen) atoms. The molecule has 90 valence electrons. The van der Waals surface area contributed by atoms with Crippen LogP contribution in [0.1, 0.15) is 31.1 Å². The molecule has 0 aliphatic carbocycles. The van der Waals surface area contributed by atoms with Crippen LogP contribution in [-0.2, 0) is 19.0 Å². The zero-order valence-electron chi connectivity index (χ0n) is 10.5. The summed E-state index contributed by atoms with van der Waals surface area (Å²) >= 11 is 0. The summed E-state index contributed by atoms with van der Waals surface area (Å²) in [7, 11) is 1.88. The van der Waals surface area contributed by atoms with E-state index in [9.17, 15) is 0 Å². The summed E-state index contributed by atoms with van der Waals surface area (Å²) in [5.74, 6) is 1.62. The van der Waals surface area contributed by atoms with E-state index in [-0.39, 0.29) is 0 Å². The summed E-state index contributed by atoms with van der Waals surface area (Å²) in [5.41, 5.74) is 6.83. The standard InChI is InChI=1S/C13H18N4/c1-4-11-15-12(17(3)16-11)13(2,14)10-8-6-5-7-9-10/h5-9H,4,14H2,1-3H3. The zero-order chi connectivity index (χ0) is 12.5. The van der Waals surface area contributed by atoms with E-state index in [4.69, 9.17) is 5.73 Å². The maximum Gasteiger partial charge on any atom is 0.151 e.